The molecule has 1 rings (SSSR count). The lowest BCUT2D eigenvalue weighted by Gasteiger charge is -2.23. The van der Waals surface area contributed by atoms with Gasteiger partial charge < -0.3 is 20.4 Å². The average Bonchev–Trinajstić information content (AvgIpc) is 2.50. The van der Waals surface area contributed by atoms with Crippen molar-refractivity contribution in [3.05, 3.63) is 22.8 Å². The molecule has 23 heavy (non-hydrogen) atoms. The minimum atomic E-state index is -0.183. The Balaban J connectivity index is 3.39. The summed E-state index contributed by atoms with van der Waals surface area (Å²) in [5.41, 5.74) is 4.57. The second-order valence-electron chi connectivity index (χ2n) is 5.93. The molecule has 0 saturated heterocycles. The molecule has 0 atom stereocenters. The van der Waals surface area contributed by atoms with Crippen LogP contribution in [0.3, 0.4) is 0 Å². The maximum Gasteiger partial charge on any atom is 0.321 e. The van der Waals surface area contributed by atoms with E-state index in [0.29, 0.717) is 0 Å². The van der Waals surface area contributed by atoms with Crippen LogP contribution in [0, 0.1) is 6.92 Å². The summed E-state index contributed by atoms with van der Waals surface area (Å²) < 4.78 is 0. The summed E-state index contributed by atoms with van der Waals surface area (Å²) in [4.78, 5) is 27.1. The molecule has 0 spiro atoms. The van der Waals surface area contributed by atoms with Crippen molar-refractivity contribution >= 4 is 23.4 Å². The fourth-order valence-corrected chi connectivity index (χ4v) is 2.30. The van der Waals surface area contributed by atoms with Crippen molar-refractivity contribution in [2.24, 2.45) is 0 Å². The molecule has 0 fully saturated rings. The Labute approximate surface area is 138 Å². The Hall–Kier alpha value is -2.24. The SMILES string of the molecule is CCc1cc(CC)c(NC(=O)N(C)C)c(C)c1NC(=O)N(C)C. The maximum absolute atomic E-state index is 12.0. The molecule has 6 nitrogen and oxygen atoms in total. The van der Waals surface area contributed by atoms with Gasteiger partial charge in [0.15, 0.2) is 0 Å². The van der Waals surface area contributed by atoms with E-state index in [4.69, 9.17) is 0 Å². The van der Waals surface area contributed by atoms with Gasteiger partial charge in [0.05, 0.1) is 11.4 Å². The highest BCUT2D eigenvalue weighted by molar-refractivity contribution is 5.96. The third-order valence-electron chi connectivity index (χ3n) is 3.78. The Bertz CT molecular complexity index is 546. The highest BCUT2D eigenvalue weighted by Gasteiger charge is 2.18. The number of anilines is 2. The van der Waals surface area contributed by atoms with Crippen LogP contribution in [-0.2, 0) is 12.8 Å². The van der Waals surface area contributed by atoms with E-state index in [9.17, 15) is 9.59 Å². The summed E-state index contributed by atoms with van der Waals surface area (Å²) in [6, 6.07) is 1.69. The van der Waals surface area contributed by atoms with Crippen molar-refractivity contribution in [1.82, 2.24) is 9.80 Å². The van der Waals surface area contributed by atoms with Gasteiger partial charge >= 0.3 is 12.1 Å². The van der Waals surface area contributed by atoms with Gasteiger partial charge in [0.25, 0.3) is 0 Å². The van der Waals surface area contributed by atoms with Crippen molar-refractivity contribution in [1.29, 1.82) is 0 Å². The monoisotopic (exact) mass is 320 g/mol. The zero-order chi connectivity index (χ0) is 17.7. The Morgan fingerprint density at radius 3 is 1.48 bits per heavy atom. The van der Waals surface area contributed by atoms with Crippen LogP contribution < -0.4 is 10.6 Å². The molecule has 0 unspecified atom stereocenters. The summed E-state index contributed by atoms with van der Waals surface area (Å²) in [5.74, 6) is 0. The van der Waals surface area contributed by atoms with E-state index in [-0.39, 0.29) is 12.1 Å². The normalized spacial score (nSPS) is 10.2. The molecule has 4 amide bonds. The smallest absolute Gasteiger partial charge is 0.321 e. The lowest BCUT2D eigenvalue weighted by Crippen LogP contribution is -2.30. The Morgan fingerprint density at radius 2 is 1.22 bits per heavy atom. The molecular formula is C17H28N4O2. The number of nitrogens with zero attached hydrogens (tertiary/aromatic N) is 2. The minimum Gasteiger partial charge on any atom is -0.331 e. The molecule has 0 bridgehead atoms. The predicted molar refractivity (Wildman–Crippen MR) is 95.3 cm³/mol. The molecule has 6 heteroatoms. The van der Waals surface area contributed by atoms with Crippen LogP contribution in [-0.4, -0.2) is 50.1 Å². The van der Waals surface area contributed by atoms with Gasteiger partial charge in [0.2, 0.25) is 0 Å². The number of amides is 4. The number of carbonyl (C=O) groups excluding carboxylic acids is 2. The fraction of sp³-hybridized carbons (Fsp3) is 0.529. The Kier molecular flexibility index (Phi) is 6.42. The van der Waals surface area contributed by atoms with E-state index < -0.39 is 0 Å². The van der Waals surface area contributed by atoms with Gasteiger partial charge in [-0.2, -0.15) is 0 Å². The van der Waals surface area contributed by atoms with Gasteiger partial charge in [0.1, 0.15) is 0 Å². The average molecular weight is 320 g/mol. The molecule has 1 aromatic rings. The van der Waals surface area contributed by atoms with E-state index >= 15 is 0 Å². The molecule has 0 radical (unpaired) electrons. The summed E-state index contributed by atoms with van der Waals surface area (Å²) in [6.07, 6.45) is 1.61. The molecule has 2 N–H and O–H groups in total. The van der Waals surface area contributed by atoms with Crippen molar-refractivity contribution in [2.75, 3.05) is 38.8 Å². The summed E-state index contributed by atoms with van der Waals surface area (Å²) in [5, 5.41) is 5.89. The highest BCUT2D eigenvalue weighted by Crippen LogP contribution is 2.33. The van der Waals surface area contributed by atoms with E-state index in [1.807, 2.05) is 6.92 Å². The third-order valence-corrected chi connectivity index (χ3v) is 3.78. The number of nitrogens with one attached hydrogen (secondary N) is 2. The number of benzene rings is 1. The van der Waals surface area contributed by atoms with Crippen molar-refractivity contribution in [2.45, 2.75) is 33.6 Å². The quantitative estimate of drug-likeness (QED) is 0.894. The molecule has 0 aliphatic heterocycles. The van der Waals surface area contributed by atoms with Crippen molar-refractivity contribution in [3.8, 4) is 0 Å². The minimum absolute atomic E-state index is 0.183. The van der Waals surface area contributed by atoms with Gasteiger partial charge in [-0.1, -0.05) is 19.9 Å². The lowest BCUT2D eigenvalue weighted by atomic mass is 9.97. The first-order valence-electron chi connectivity index (χ1n) is 7.84. The first-order chi connectivity index (χ1) is 10.7. The van der Waals surface area contributed by atoms with Gasteiger partial charge in [-0.25, -0.2) is 9.59 Å². The second kappa shape index (κ2) is 7.85. The van der Waals surface area contributed by atoms with Crippen LogP contribution in [0.1, 0.15) is 30.5 Å². The second-order valence-corrected chi connectivity index (χ2v) is 5.93. The first-order valence-corrected chi connectivity index (χ1v) is 7.84. The van der Waals surface area contributed by atoms with Gasteiger partial charge in [-0.05, 0) is 36.5 Å². The first kappa shape index (κ1) is 18.8. The molecular weight excluding hydrogens is 292 g/mol. The van der Waals surface area contributed by atoms with Gasteiger partial charge in [-0.15, -0.1) is 0 Å². The summed E-state index contributed by atoms with van der Waals surface area (Å²) in [7, 11) is 6.80. The number of urea groups is 2. The molecule has 0 heterocycles. The highest BCUT2D eigenvalue weighted by atomic mass is 16.2. The molecule has 128 valence electrons. The number of hydrogen-bond acceptors (Lipinski definition) is 2. The van der Waals surface area contributed by atoms with Crippen LogP contribution in [0.5, 0.6) is 0 Å². The van der Waals surface area contributed by atoms with Crippen LogP contribution in [0.15, 0.2) is 6.07 Å². The zero-order valence-corrected chi connectivity index (χ0v) is 15.2. The molecule has 0 aliphatic carbocycles. The van der Waals surface area contributed by atoms with Gasteiger partial charge in [-0.3, -0.25) is 0 Å². The maximum atomic E-state index is 12.0. The van der Waals surface area contributed by atoms with Crippen molar-refractivity contribution in [3.63, 3.8) is 0 Å². The Morgan fingerprint density at radius 1 is 0.870 bits per heavy atom. The largest absolute Gasteiger partial charge is 0.331 e. The van der Waals surface area contributed by atoms with Crippen LogP contribution in [0.4, 0.5) is 21.0 Å². The van der Waals surface area contributed by atoms with E-state index in [1.165, 1.54) is 9.80 Å². The standard InChI is InChI=1S/C17H28N4O2/c1-8-12-10-13(9-2)15(19-17(23)21(6)7)11(3)14(12)18-16(22)20(4)5/h10H,8-9H2,1-7H3,(H,18,22)(H,19,23). The lowest BCUT2D eigenvalue weighted by molar-refractivity contribution is 0.230. The van der Waals surface area contributed by atoms with Crippen LogP contribution in [0.2, 0.25) is 0 Å². The fourth-order valence-electron chi connectivity index (χ4n) is 2.30. The molecule has 1 aromatic carbocycles. The molecule has 0 aliphatic rings. The van der Waals surface area contributed by atoms with E-state index in [1.54, 1.807) is 28.2 Å². The number of aryl methyl sites for hydroxylation is 2. The number of hydrogen-bond donors (Lipinski definition) is 2. The molecule has 0 saturated carbocycles. The predicted octanol–water partition coefficient (Wildman–Crippen LogP) is 3.31. The van der Waals surface area contributed by atoms with Crippen LogP contribution >= 0.6 is 0 Å². The van der Waals surface area contributed by atoms with Crippen molar-refractivity contribution < 1.29 is 9.59 Å². The van der Waals surface area contributed by atoms with Crippen LogP contribution in [0.25, 0.3) is 0 Å². The number of rotatable bonds is 4. The van der Waals surface area contributed by atoms with Gasteiger partial charge in [0, 0.05) is 28.2 Å². The van der Waals surface area contributed by atoms with E-state index in [0.717, 1.165) is 40.9 Å². The summed E-state index contributed by atoms with van der Waals surface area (Å²) in [6.45, 7) is 6.03. The topological polar surface area (TPSA) is 64.7 Å². The van der Waals surface area contributed by atoms with E-state index in [2.05, 4.69) is 30.5 Å². The zero-order valence-electron chi connectivity index (χ0n) is 15.2. The summed E-state index contributed by atoms with van der Waals surface area (Å²) >= 11 is 0. The molecule has 0 aromatic heterocycles. The number of carbonyl (C=O) groups is 2. The third kappa shape index (κ3) is 4.37.